The summed E-state index contributed by atoms with van der Waals surface area (Å²) in [7, 11) is -1.95. The molecular formula is C16H21N3O4S. The van der Waals surface area contributed by atoms with Crippen molar-refractivity contribution >= 4 is 10.0 Å². The SMILES string of the molecule is COc1ccc(S(=O)(=O)N2CCC(C)(c3noc(C)n3)CC2)cc1. The molecule has 0 atom stereocenters. The largest absolute Gasteiger partial charge is 0.497 e. The predicted molar refractivity (Wildman–Crippen MR) is 87.4 cm³/mol. The van der Waals surface area contributed by atoms with E-state index in [-0.39, 0.29) is 10.3 Å². The molecule has 0 N–H and O–H groups in total. The number of sulfonamides is 1. The topological polar surface area (TPSA) is 85.5 Å². The Morgan fingerprint density at radius 1 is 1.21 bits per heavy atom. The van der Waals surface area contributed by atoms with Gasteiger partial charge in [0.1, 0.15) is 5.75 Å². The van der Waals surface area contributed by atoms with E-state index < -0.39 is 10.0 Å². The molecule has 1 fully saturated rings. The number of nitrogens with zero attached hydrogens (tertiary/aromatic N) is 3. The summed E-state index contributed by atoms with van der Waals surface area (Å²) in [5, 5.41) is 4.01. The van der Waals surface area contributed by atoms with Gasteiger partial charge in [0.2, 0.25) is 15.9 Å². The quantitative estimate of drug-likeness (QED) is 0.839. The van der Waals surface area contributed by atoms with E-state index in [1.54, 1.807) is 38.3 Å². The molecule has 0 unspecified atom stereocenters. The van der Waals surface area contributed by atoms with Gasteiger partial charge >= 0.3 is 0 Å². The van der Waals surface area contributed by atoms with Crippen LogP contribution in [-0.2, 0) is 15.4 Å². The maximum absolute atomic E-state index is 12.8. The first-order valence-corrected chi connectivity index (χ1v) is 9.24. The van der Waals surface area contributed by atoms with Gasteiger partial charge in [-0.1, -0.05) is 12.1 Å². The summed E-state index contributed by atoms with van der Waals surface area (Å²) in [5.41, 5.74) is -0.260. The van der Waals surface area contributed by atoms with Crippen LogP contribution in [0.3, 0.4) is 0 Å². The molecule has 0 saturated carbocycles. The second-order valence-electron chi connectivity index (χ2n) is 6.28. The fourth-order valence-electron chi connectivity index (χ4n) is 2.88. The standard InChI is InChI=1S/C16H21N3O4S/c1-12-17-15(18-23-12)16(2)8-10-19(11-9-16)24(20,21)14-6-4-13(22-3)5-7-14/h4-7H,8-11H2,1-3H3. The minimum absolute atomic E-state index is 0.260. The van der Waals surface area contributed by atoms with Crippen LogP contribution in [0.15, 0.2) is 33.7 Å². The number of hydrogen-bond acceptors (Lipinski definition) is 6. The number of aryl methyl sites for hydroxylation is 1. The molecule has 1 aromatic heterocycles. The van der Waals surface area contributed by atoms with Crippen molar-refractivity contribution in [3.05, 3.63) is 36.0 Å². The molecule has 0 amide bonds. The molecule has 0 aliphatic carbocycles. The summed E-state index contributed by atoms with van der Waals surface area (Å²) in [5.74, 6) is 1.81. The summed E-state index contributed by atoms with van der Waals surface area (Å²) < 4.78 is 37.2. The first-order chi connectivity index (χ1) is 11.3. The summed E-state index contributed by atoms with van der Waals surface area (Å²) >= 11 is 0. The van der Waals surface area contributed by atoms with Crippen LogP contribution in [0, 0.1) is 6.92 Å². The fourth-order valence-corrected chi connectivity index (χ4v) is 4.33. The summed E-state index contributed by atoms with van der Waals surface area (Å²) in [6.07, 6.45) is 1.31. The summed E-state index contributed by atoms with van der Waals surface area (Å²) in [6, 6.07) is 6.46. The number of rotatable bonds is 4. The Balaban J connectivity index is 1.75. The molecule has 2 heterocycles. The van der Waals surface area contributed by atoms with Gasteiger partial charge in [-0.25, -0.2) is 8.42 Å². The Morgan fingerprint density at radius 2 is 1.83 bits per heavy atom. The molecule has 24 heavy (non-hydrogen) atoms. The van der Waals surface area contributed by atoms with Crippen LogP contribution in [0.1, 0.15) is 31.5 Å². The van der Waals surface area contributed by atoms with E-state index in [1.165, 1.54) is 4.31 Å². The Bertz CT molecular complexity index is 806. The minimum atomic E-state index is -3.50. The molecule has 0 radical (unpaired) electrons. The zero-order chi connectivity index (χ0) is 17.4. The third-order valence-corrected chi connectivity index (χ3v) is 6.50. The van der Waals surface area contributed by atoms with E-state index in [0.29, 0.717) is 43.4 Å². The zero-order valence-corrected chi connectivity index (χ0v) is 14.8. The van der Waals surface area contributed by atoms with Crippen LogP contribution < -0.4 is 4.74 Å². The zero-order valence-electron chi connectivity index (χ0n) is 14.0. The van der Waals surface area contributed by atoms with Gasteiger partial charge in [-0.2, -0.15) is 9.29 Å². The Kier molecular flexibility index (Phi) is 4.35. The molecule has 0 spiro atoms. The normalized spacial score (nSPS) is 18.5. The molecule has 0 bridgehead atoms. The van der Waals surface area contributed by atoms with Crippen molar-refractivity contribution in [1.29, 1.82) is 0 Å². The van der Waals surface area contributed by atoms with E-state index in [9.17, 15) is 8.42 Å². The van der Waals surface area contributed by atoms with Crippen LogP contribution in [0.25, 0.3) is 0 Å². The third-order valence-electron chi connectivity index (χ3n) is 4.59. The maximum atomic E-state index is 12.8. The van der Waals surface area contributed by atoms with Crippen molar-refractivity contribution in [3.63, 3.8) is 0 Å². The van der Waals surface area contributed by atoms with Gasteiger partial charge in [-0.3, -0.25) is 0 Å². The van der Waals surface area contributed by atoms with Crippen molar-refractivity contribution in [2.75, 3.05) is 20.2 Å². The van der Waals surface area contributed by atoms with Crippen LogP contribution in [0.2, 0.25) is 0 Å². The molecule has 1 saturated heterocycles. The predicted octanol–water partition coefficient (Wildman–Crippen LogP) is 2.13. The number of piperidine rings is 1. The van der Waals surface area contributed by atoms with Gasteiger partial charge in [0.15, 0.2) is 5.82 Å². The Morgan fingerprint density at radius 3 is 2.33 bits per heavy atom. The fraction of sp³-hybridized carbons (Fsp3) is 0.500. The number of methoxy groups -OCH3 is 1. The highest BCUT2D eigenvalue weighted by Gasteiger charge is 2.39. The second-order valence-corrected chi connectivity index (χ2v) is 8.22. The number of benzene rings is 1. The van der Waals surface area contributed by atoms with E-state index in [4.69, 9.17) is 9.26 Å². The van der Waals surface area contributed by atoms with Gasteiger partial charge in [0, 0.05) is 25.4 Å². The molecular weight excluding hydrogens is 330 g/mol. The van der Waals surface area contributed by atoms with Gasteiger partial charge in [0.05, 0.1) is 12.0 Å². The van der Waals surface area contributed by atoms with Crippen LogP contribution in [0.4, 0.5) is 0 Å². The molecule has 7 nitrogen and oxygen atoms in total. The van der Waals surface area contributed by atoms with Crippen molar-refractivity contribution in [3.8, 4) is 5.75 Å². The van der Waals surface area contributed by atoms with Gasteiger partial charge in [-0.05, 0) is 37.1 Å². The van der Waals surface area contributed by atoms with Gasteiger partial charge < -0.3 is 9.26 Å². The van der Waals surface area contributed by atoms with Crippen molar-refractivity contribution in [1.82, 2.24) is 14.4 Å². The molecule has 8 heteroatoms. The maximum Gasteiger partial charge on any atom is 0.243 e. The molecule has 3 rings (SSSR count). The average Bonchev–Trinajstić information content (AvgIpc) is 3.03. The third kappa shape index (κ3) is 3.03. The molecule has 1 aliphatic heterocycles. The second kappa shape index (κ2) is 6.18. The molecule has 130 valence electrons. The van der Waals surface area contributed by atoms with Crippen molar-refractivity contribution in [2.24, 2.45) is 0 Å². The lowest BCUT2D eigenvalue weighted by atomic mass is 9.80. The lowest BCUT2D eigenvalue weighted by Crippen LogP contribution is -2.44. The highest BCUT2D eigenvalue weighted by atomic mass is 32.2. The average molecular weight is 351 g/mol. The van der Waals surface area contributed by atoms with E-state index in [1.807, 2.05) is 0 Å². The number of ether oxygens (including phenoxy) is 1. The van der Waals surface area contributed by atoms with Crippen molar-refractivity contribution < 1.29 is 17.7 Å². The molecule has 1 aliphatic rings. The van der Waals surface area contributed by atoms with Crippen molar-refractivity contribution in [2.45, 2.75) is 37.0 Å². The number of hydrogen-bond donors (Lipinski definition) is 0. The highest BCUT2D eigenvalue weighted by Crippen LogP contribution is 2.35. The van der Waals surface area contributed by atoms with E-state index >= 15 is 0 Å². The summed E-state index contributed by atoms with van der Waals surface area (Å²) in [4.78, 5) is 4.59. The first kappa shape index (κ1) is 16.9. The minimum Gasteiger partial charge on any atom is -0.497 e. The Labute approximate surface area is 141 Å². The van der Waals surface area contributed by atoms with Gasteiger partial charge in [0.25, 0.3) is 0 Å². The Hall–Kier alpha value is -1.93. The van der Waals surface area contributed by atoms with E-state index in [2.05, 4.69) is 17.1 Å². The summed E-state index contributed by atoms with van der Waals surface area (Å²) in [6.45, 7) is 4.66. The molecule has 1 aromatic carbocycles. The van der Waals surface area contributed by atoms with Crippen LogP contribution in [-0.4, -0.2) is 43.1 Å². The van der Waals surface area contributed by atoms with Gasteiger partial charge in [-0.15, -0.1) is 0 Å². The monoisotopic (exact) mass is 351 g/mol. The first-order valence-electron chi connectivity index (χ1n) is 7.80. The number of aromatic nitrogens is 2. The molecule has 2 aromatic rings. The van der Waals surface area contributed by atoms with Crippen LogP contribution >= 0.6 is 0 Å². The lowest BCUT2D eigenvalue weighted by molar-refractivity contribution is 0.233. The van der Waals surface area contributed by atoms with E-state index in [0.717, 1.165) is 0 Å². The smallest absolute Gasteiger partial charge is 0.243 e. The lowest BCUT2D eigenvalue weighted by Gasteiger charge is -2.36. The highest BCUT2D eigenvalue weighted by molar-refractivity contribution is 7.89. The van der Waals surface area contributed by atoms with Crippen LogP contribution in [0.5, 0.6) is 5.75 Å².